The van der Waals surface area contributed by atoms with Crippen molar-refractivity contribution in [2.75, 3.05) is 0 Å². The van der Waals surface area contributed by atoms with Crippen LogP contribution in [-0.4, -0.2) is 15.2 Å². The molecule has 2 aromatic carbocycles. The van der Waals surface area contributed by atoms with Crippen molar-refractivity contribution in [1.29, 1.82) is 0 Å². The zero-order valence-electron chi connectivity index (χ0n) is 7.86. The SMILES string of the molecule is c1ccc2c(c1)ccc1nnc3[nH]c2c13. The zero-order chi connectivity index (χ0) is 9.83. The lowest BCUT2D eigenvalue weighted by Gasteiger charge is -2.00. The van der Waals surface area contributed by atoms with Gasteiger partial charge >= 0.3 is 0 Å². The third-order valence-corrected chi connectivity index (χ3v) is 2.89. The predicted octanol–water partition coefficient (Wildman–Crippen LogP) is 2.70. The van der Waals surface area contributed by atoms with Crippen LogP contribution in [0.5, 0.6) is 0 Å². The Morgan fingerprint density at radius 2 is 1.87 bits per heavy atom. The number of aromatic nitrogens is 3. The molecule has 0 unspecified atom stereocenters. The van der Waals surface area contributed by atoms with Crippen molar-refractivity contribution in [3.8, 4) is 0 Å². The van der Waals surface area contributed by atoms with Crippen molar-refractivity contribution in [2.45, 2.75) is 0 Å². The van der Waals surface area contributed by atoms with Gasteiger partial charge in [0.25, 0.3) is 0 Å². The Morgan fingerprint density at radius 3 is 2.87 bits per heavy atom. The van der Waals surface area contributed by atoms with Gasteiger partial charge in [-0.15, -0.1) is 10.2 Å². The first-order valence-electron chi connectivity index (χ1n) is 4.89. The minimum Gasteiger partial charge on any atom is -0.337 e. The van der Waals surface area contributed by atoms with E-state index in [4.69, 9.17) is 0 Å². The van der Waals surface area contributed by atoms with E-state index in [0.717, 1.165) is 22.1 Å². The van der Waals surface area contributed by atoms with Crippen LogP contribution in [0.1, 0.15) is 0 Å². The summed E-state index contributed by atoms with van der Waals surface area (Å²) in [6.07, 6.45) is 0. The highest BCUT2D eigenvalue weighted by Gasteiger charge is 2.12. The summed E-state index contributed by atoms with van der Waals surface area (Å²) in [5, 5.41) is 11.8. The molecule has 70 valence electrons. The smallest absolute Gasteiger partial charge is 0.164 e. The van der Waals surface area contributed by atoms with E-state index >= 15 is 0 Å². The van der Waals surface area contributed by atoms with Crippen molar-refractivity contribution in [1.82, 2.24) is 15.2 Å². The number of aromatic amines is 1. The summed E-state index contributed by atoms with van der Waals surface area (Å²) in [5.74, 6) is 0. The Labute approximate surface area is 85.1 Å². The minimum atomic E-state index is 0.904. The highest BCUT2D eigenvalue weighted by atomic mass is 15.2. The lowest BCUT2D eigenvalue weighted by molar-refractivity contribution is 1.13. The first-order valence-corrected chi connectivity index (χ1v) is 4.89. The van der Waals surface area contributed by atoms with Gasteiger partial charge in [-0.1, -0.05) is 30.3 Å². The van der Waals surface area contributed by atoms with Crippen molar-refractivity contribution >= 4 is 32.8 Å². The molecule has 0 bridgehead atoms. The Bertz CT molecular complexity index is 770. The Kier molecular flexibility index (Phi) is 1.08. The first-order chi connectivity index (χ1) is 7.43. The van der Waals surface area contributed by atoms with E-state index in [1.165, 1.54) is 10.8 Å². The van der Waals surface area contributed by atoms with Gasteiger partial charge in [-0.2, -0.15) is 0 Å². The van der Waals surface area contributed by atoms with Crippen LogP contribution in [0.4, 0.5) is 0 Å². The molecule has 2 heterocycles. The number of benzene rings is 1. The second-order valence-corrected chi connectivity index (χ2v) is 3.73. The maximum atomic E-state index is 4.12. The molecule has 1 N–H and O–H groups in total. The number of nitrogens with one attached hydrogen (secondary N) is 1. The molecule has 2 aromatic heterocycles. The molecular formula is C12H7N3. The summed E-state index contributed by atoms with van der Waals surface area (Å²) in [4.78, 5) is 3.24. The molecule has 15 heavy (non-hydrogen) atoms. The van der Waals surface area contributed by atoms with E-state index in [-0.39, 0.29) is 0 Å². The molecule has 4 rings (SSSR count). The number of H-pyrrole nitrogens is 1. The molecule has 0 aliphatic carbocycles. The molecule has 0 saturated heterocycles. The average molecular weight is 193 g/mol. The summed E-state index contributed by atoms with van der Waals surface area (Å²) in [6.45, 7) is 0. The van der Waals surface area contributed by atoms with Gasteiger partial charge in [-0.05, 0) is 11.5 Å². The van der Waals surface area contributed by atoms with Gasteiger partial charge in [0.1, 0.15) is 0 Å². The molecule has 3 nitrogen and oxygen atoms in total. The van der Waals surface area contributed by atoms with Crippen molar-refractivity contribution in [3.05, 3.63) is 36.4 Å². The minimum absolute atomic E-state index is 0.904. The molecule has 0 radical (unpaired) electrons. The maximum absolute atomic E-state index is 4.12. The van der Waals surface area contributed by atoms with E-state index in [1.54, 1.807) is 0 Å². The fraction of sp³-hybridized carbons (Fsp3) is 0. The molecule has 4 aromatic rings. The standard InChI is InChI=1S/C12H7N3/c1-2-4-8-7(3-1)5-6-9-10-11(8)13-12(10)15-14-9/h1-6H,(H,13,14,15). The van der Waals surface area contributed by atoms with Crippen LogP contribution in [0, 0.1) is 0 Å². The van der Waals surface area contributed by atoms with Gasteiger partial charge in [0.2, 0.25) is 0 Å². The van der Waals surface area contributed by atoms with Crippen molar-refractivity contribution < 1.29 is 0 Å². The first kappa shape index (κ1) is 7.17. The quantitative estimate of drug-likeness (QED) is 0.466. The van der Waals surface area contributed by atoms with Crippen LogP contribution in [0.25, 0.3) is 32.8 Å². The van der Waals surface area contributed by atoms with E-state index in [9.17, 15) is 0 Å². The average Bonchev–Trinajstić information content (AvgIpc) is 2.49. The van der Waals surface area contributed by atoms with E-state index < -0.39 is 0 Å². The monoisotopic (exact) mass is 193 g/mol. The van der Waals surface area contributed by atoms with Gasteiger partial charge in [-0.25, -0.2) is 0 Å². The fourth-order valence-electron chi connectivity index (χ4n) is 2.13. The van der Waals surface area contributed by atoms with E-state index in [2.05, 4.69) is 33.4 Å². The van der Waals surface area contributed by atoms with Gasteiger partial charge in [0, 0.05) is 5.39 Å². The van der Waals surface area contributed by atoms with Crippen molar-refractivity contribution in [2.24, 2.45) is 0 Å². The predicted molar refractivity (Wildman–Crippen MR) is 60.1 cm³/mol. The van der Waals surface area contributed by atoms with Gasteiger partial charge in [-0.3, -0.25) is 0 Å². The summed E-state index contributed by atoms with van der Waals surface area (Å²) >= 11 is 0. The van der Waals surface area contributed by atoms with Gasteiger partial charge < -0.3 is 4.98 Å². The van der Waals surface area contributed by atoms with Gasteiger partial charge in [0.15, 0.2) is 5.65 Å². The van der Waals surface area contributed by atoms with Crippen LogP contribution in [0.15, 0.2) is 36.4 Å². The fourth-order valence-corrected chi connectivity index (χ4v) is 2.13. The molecule has 0 saturated carbocycles. The van der Waals surface area contributed by atoms with E-state index in [1.807, 2.05) is 18.2 Å². The summed E-state index contributed by atoms with van der Waals surface area (Å²) < 4.78 is 0. The lowest BCUT2D eigenvalue weighted by atomic mass is 10.1. The Balaban J connectivity index is 2.42. The second-order valence-electron chi connectivity index (χ2n) is 3.73. The highest BCUT2D eigenvalue weighted by molar-refractivity contribution is 6.18. The highest BCUT2D eigenvalue weighted by Crippen LogP contribution is 2.30. The number of hydrogen-bond donors (Lipinski definition) is 1. The third kappa shape index (κ3) is 0.760. The van der Waals surface area contributed by atoms with Crippen LogP contribution >= 0.6 is 0 Å². The summed E-state index contributed by atoms with van der Waals surface area (Å²) in [5.41, 5.74) is 3.03. The van der Waals surface area contributed by atoms with Crippen LogP contribution in [-0.2, 0) is 0 Å². The number of hydrogen-bond acceptors (Lipinski definition) is 2. The normalized spacial score (nSPS) is 12.0. The molecule has 0 aliphatic rings. The molecule has 3 heteroatoms. The zero-order valence-corrected chi connectivity index (χ0v) is 7.86. The van der Waals surface area contributed by atoms with Crippen LogP contribution in [0.2, 0.25) is 0 Å². The molecule has 0 amide bonds. The molecule has 0 fully saturated rings. The van der Waals surface area contributed by atoms with Crippen molar-refractivity contribution in [3.63, 3.8) is 0 Å². The number of nitrogens with zero attached hydrogens (tertiary/aromatic N) is 2. The maximum Gasteiger partial charge on any atom is 0.164 e. The Hall–Kier alpha value is -2.16. The van der Waals surface area contributed by atoms with Gasteiger partial charge in [0.05, 0.1) is 16.4 Å². The summed E-state index contributed by atoms with van der Waals surface area (Å²) in [6, 6.07) is 12.4. The lowest BCUT2D eigenvalue weighted by Crippen LogP contribution is -1.84. The molecule has 0 aliphatic heterocycles. The number of rotatable bonds is 0. The van der Waals surface area contributed by atoms with Crippen LogP contribution in [0.3, 0.4) is 0 Å². The van der Waals surface area contributed by atoms with E-state index in [0.29, 0.717) is 0 Å². The third-order valence-electron chi connectivity index (χ3n) is 2.89. The topological polar surface area (TPSA) is 41.6 Å². The number of fused-ring (bicyclic) bond motifs is 2. The molecular weight excluding hydrogens is 186 g/mol. The Morgan fingerprint density at radius 1 is 0.933 bits per heavy atom. The van der Waals surface area contributed by atoms with Crippen LogP contribution < -0.4 is 0 Å². The second kappa shape index (κ2) is 2.25. The summed E-state index contributed by atoms with van der Waals surface area (Å²) in [7, 11) is 0. The largest absolute Gasteiger partial charge is 0.337 e. The molecule has 0 spiro atoms. The molecule has 0 atom stereocenters.